The molecule has 3 N–H and O–H groups in total. The number of aromatic carboxylic acids is 1. The van der Waals surface area contributed by atoms with Crippen molar-refractivity contribution in [3.8, 4) is 0 Å². The summed E-state index contributed by atoms with van der Waals surface area (Å²) < 4.78 is 27.8. The average molecular weight is 288 g/mol. The van der Waals surface area contributed by atoms with Crippen LogP contribution in [-0.4, -0.2) is 41.8 Å². The maximum absolute atomic E-state index is 12.0. The summed E-state index contributed by atoms with van der Waals surface area (Å²) in [7, 11) is -3.81. The van der Waals surface area contributed by atoms with Crippen molar-refractivity contribution in [1.29, 1.82) is 0 Å². The van der Waals surface area contributed by atoms with E-state index in [4.69, 9.17) is 10.2 Å². The number of sulfonamides is 1. The van der Waals surface area contributed by atoms with Crippen LogP contribution in [0.3, 0.4) is 0 Å². The minimum Gasteiger partial charge on any atom is -0.477 e. The third-order valence-electron chi connectivity index (χ3n) is 2.92. The summed E-state index contributed by atoms with van der Waals surface area (Å²) in [5.41, 5.74) is -0.0282. The number of hydrogen-bond donors (Lipinski definition) is 3. The molecule has 0 bridgehead atoms. The SMILES string of the molecule is C[C@H](CO)NS(=O)(=O)c1cc(C(=O)O)n(C2CC2)c1. The minimum absolute atomic E-state index is 0.0282. The van der Waals surface area contributed by atoms with Gasteiger partial charge in [-0.1, -0.05) is 0 Å². The van der Waals surface area contributed by atoms with Crippen LogP contribution in [-0.2, 0) is 10.0 Å². The number of hydrogen-bond acceptors (Lipinski definition) is 4. The Morgan fingerprint density at radius 2 is 2.21 bits per heavy atom. The second-order valence-electron chi connectivity index (χ2n) is 4.71. The molecule has 1 aromatic heterocycles. The number of nitrogens with zero attached hydrogens (tertiary/aromatic N) is 1. The molecule has 0 radical (unpaired) electrons. The summed E-state index contributed by atoms with van der Waals surface area (Å²) in [5.74, 6) is -1.15. The second kappa shape index (κ2) is 4.95. The van der Waals surface area contributed by atoms with Crippen LogP contribution in [0.2, 0.25) is 0 Å². The first-order chi connectivity index (χ1) is 8.85. The normalized spacial score (nSPS) is 17.4. The zero-order chi connectivity index (χ0) is 14.2. The van der Waals surface area contributed by atoms with Crippen LogP contribution >= 0.6 is 0 Å². The smallest absolute Gasteiger partial charge is 0.352 e. The van der Waals surface area contributed by atoms with Crippen molar-refractivity contribution in [2.75, 3.05) is 6.61 Å². The van der Waals surface area contributed by atoms with Crippen LogP contribution in [0, 0.1) is 0 Å². The van der Waals surface area contributed by atoms with Gasteiger partial charge < -0.3 is 14.8 Å². The van der Waals surface area contributed by atoms with E-state index in [2.05, 4.69) is 4.72 Å². The molecule has 1 heterocycles. The molecule has 2 rings (SSSR count). The largest absolute Gasteiger partial charge is 0.477 e. The maximum atomic E-state index is 12.0. The summed E-state index contributed by atoms with van der Waals surface area (Å²) in [4.78, 5) is 11.0. The molecule has 7 nitrogen and oxygen atoms in total. The van der Waals surface area contributed by atoms with E-state index in [1.165, 1.54) is 17.7 Å². The first-order valence-electron chi connectivity index (χ1n) is 5.93. The Labute approximate surface area is 110 Å². The van der Waals surface area contributed by atoms with E-state index in [-0.39, 0.29) is 23.2 Å². The van der Waals surface area contributed by atoms with Gasteiger partial charge >= 0.3 is 5.97 Å². The van der Waals surface area contributed by atoms with Crippen molar-refractivity contribution in [3.05, 3.63) is 18.0 Å². The summed E-state index contributed by atoms with van der Waals surface area (Å²) in [6.07, 6.45) is 3.05. The maximum Gasteiger partial charge on any atom is 0.352 e. The number of aliphatic hydroxyl groups excluding tert-OH is 1. The summed E-state index contributed by atoms with van der Waals surface area (Å²) in [5, 5.41) is 17.9. The van der Waals surface area contributed by atoms with Crippen LogP contribution in [0.5, 0.6) is 0 Å². The highest BCUT2D eigenvalue weighted by atomic mass is 32.2. The molecule has 0 unspecified atom stereocenters. The Kier molecular flexibility index (Phi) is 3.66. The molecular formula is C11H16N2O5S. The lowest BCUT2D eigenvalue weighted by atomic mass is 10.4. The van der Waals surface area contributed by atoms with Crippen molar-refractivity contribution >= 4 is 16.0 Å². The average Bonchev–Trinajstić information content (AvgIpc) is 3.06. The third kappa shape index (κ3) is 2.96. The first-order valence-corrected chi connectivity index (χ1v) is 7.42. The number of carbonyl (C=O) groups is 1. The molecule has 0 aliphatic heterocycles. The van der Waals surface area contributed by atoms with Crippen molar-refractivity contribution < 1.29 is 23.4 Å². The zero-order valence-electron chi connectivity index (χ0n) is 10.4. The van der Waals surface area contributed by atoms with Crippen LogP contribution in [0.4, 0.5) is 0 Å². The van der Waals surface area contributed by atoms with E-state index < -0.39 is 22.0 Å². The van der Waals surface area contributed by atoms with Crippen LogP contribution in [0.15, 0.2) is 17.2 Å². The third-order valence-corrected chi connectivity index (χ3v) is 4.48. The number of nitrogens with one attached hydrogen (secondary N) is 1. The lowest BCUT2D eigenvalue weighted by molar-refractivity contribution is 0.0685. The molecule has 0 saturated heterocycles. The Bertz CT molecular complexity index is 588. The second-order valence-corrected chi connectivity index (χ2v) is 6.42. The molecule has 19 heavy (non-hydrogen) atoms. The molecule has 8 heteroatoms. The lowest BCUT2D eigenvalue weighted by Crippen LogP contribution is -2.34. The molecule has 0 spiro atoms. The molecule has 0 amide bonds. The van der Waals surface area contributed by atoms with E-state index in [1.807, 2.05) is 0 Å². The van der Waals surface area contributed by atoms with E-state index in [0.29, 0.717) is 0 Å². The monoisotopic (exact) mass is 288 g/mol. The highest BCUT2D eigenvalue weighted by molar-refractivity contribution is 7.89. The number of aliphatic hydroxyl groups is 1. The summed E-state index contributed by atoms with van der Waals surface area (Å²) in [6, 6.07) is 0.598. The van der Waals surface area contributed by atoms with Crippen molar-refractivity contribution in [3.63, 3.8) is 0 Å². The Balaban J connectivity index is 2.35. The van der Waals surface area contributed by atoms with Gasteiger partial charge in [0, 0.05) is 18.3 Å². The van der Waals surface area contributed by atoms with Gasteiger partial charge in [0.15, 0.2) is 0 Å². The molecule has 1 atom stereocenters. The summed E-state index contributed by atoms with van der Waals surface area (Å²) in [6.45, 7) is 1.20. The number of carboxylic acid groups (broad SMARTS) is 1. The fourth-order valence-corrected chi connectivity index (χ4v) is 3.06. The predicted octanol–water partition coefficient (Wildman–Crippen LogP) is 0.180. The molecule has 106 valence electrons. The van der Waals surface area contributed by atoms with E-state index in [0.717, 1.165) is 18.9 Å². The highest BCUT2D eigenvalue weighted by Crippen LogP contribution is 2.37. The van der Waals surface area contributed by atoms with Gasteiger partial charge in [0.2, 0.25) is 10.0 Å². The van der Waals surface area contributed by atoms with Crippen LogP contribution < -0.4 is 4.72 Å². The molecule has 0 aromatic carbocycles. The molecule has 1 aliphatic carbocycles. The zero-order valence-corrected chi connectivity index (χ0v) is 11.2. The van der Waals surface area contributed by atoms with E-state index in [9.17, 15) is 13.2 Å². The fourth-order valence-electron chi connectivity index (χ4n) is 1.80. The first kappa shape index (κ1) is 14.0. The van der Waals surface area contributed by atoms with Gasteiger partial charge in [0.05, 0.1) is 6.61 Å². The quantitative estimate of drug-likeness (QED) is 0.692. The Morgan fingerprint density at radius 3 is 2.68 bits per heavy atom. The molecular weight excluding hydrogens is 272 g/mol. The number of carboxylic acids is 1. The van der Waals surface area contributed by atoms with Gasteiger partial charge in [-0.05, 0) is 25.8 Å². The number of rotatable bonds is 6. The van der Waals surface area contributed by atoms with Crippen molar-refractivity contribution in [2.45, 2.75) is 36.7 Å². The van der Waals surface area contributed by atoms with Gasteiger partial charge in [-0.25, -0.2) is 17.9 Å². The van der Waals surface area contributed by atoms with Crippen LogP contribution in [0.25, 0.3) is 0 Å². The molecule has 1 aliphatic rings. The lowest BCUT2D eigenvalue weighted by Gasteiger charge is -2.09. The Morgan fingerprint density at radius 1 is 1.58 bits per heavy atom. The molecule has 1 saturated carbocycles. The fraction of sp³-hybridized carbons (Fsp3) is 0.545. The minimum atomic E-state index is -3.81. The molecule has 1 aromatic rings. The van der Waals surface area contributed by atoms with Gasteiger partial charge in [-0.2, -0.15) is 0 Å². The topological polar surface area (TPSA) is 109 Å². The Hall–Kier alpha value is -1.38. The standard InChI is InChI=1S/C11H16N2O5S/c1-7(6-14)12-19(17,18)9-4-10(11(15)16)13(5-9)8-2-3-8/h4-5,7-8,12,14H,2-3,6H2,1H3,(H,15,16)/t7-/m1/s1. The van der Waals surface area contributed by atoms with Crippen LogP contribution in [0.1, 0.15) is 36.3 Å². The van der Waals surface area contributed by atoms with Crippen molar-refractivity contribution in [2.24, 2.45) is 0 Å². The highest BCUT2D eigenvalue weighted by Gasteiger charge is 2.30. The summed E-state index contributed by atoms with van der Waals surface area (Å²) >= 11 is 0. The molecule has 1 fully saturated rings. The number of aromatic nitrogens is 1. The van der Waals surface area contributed by atoms with Gasteiger partial charge in [-0.15, -0.1) is 0 Å². The van der Waals surface area contributed by atoms with Gasteiger partial charge in [-0.3, -0.25) is 0 Å². The van der Waals surface area contributed by atoms with E-state index >= 15 is 0 Å². The predicted molar refractivity (Wildman–Crippen MR) is 66.5 cm³/mol. The van der Waals surface area contributed by atoms with Gasteiger partial charge in [0.25, 0.3) is 0 Å². The van der Waals surface area contributed by atoms with Gasteiger partial charge in [0.1, 0.15) is 10.6 Å². The van der Waals surface area contributed by atoms with E-state index in [1.54, 1.807) is 0 Å². The van der Waals surface area contributed by atoms with Crippen molar-refractivity contribution in [1.82, 2.24) is 9.29 Å².